The standard InChI is InChI=1S/C12H14BrF3N2O2/c1-2-7(17)5-11(19)18-8-3-4-10(9(13)6-8)20-12(14,15)16/h3-4,6-7H,2,5,17H2,1H3,(H,18,19). The average molecular weight is 355 g/mol. The molecule has 8 heteroatoms. The van der Waals surface area contributed by atoms with Crippen molar-refractivity contribution in [2.24, 2.45) is 5.73 Å². The summed E-state index contributed by atoms with van der Waals surface area (Å²) in [7, 11) is 0. The van der Waals surface area contributed by atoms with E-state index in [2.05, 4.69) is 26.0 Å². The van der Waals surface area contributed by atoms with Crippen molar-refractivity contribution in [1.82, 2.24) is 0 Å². The third-order valence-corrected chi connectivity index (χ3v) is 3.03. The minimum Gasteiger partial charge on any atom is -0.405 e. The number of carbonyl (C=O) groups excluding carboxylic acids is 1. The SMILES string of the molecule is CCC(N)CC(=O)Nc1ccc(OC(F)(F)F)c(Br)c1. The molecule has 3 N–H and O–H groups in total. The van der Waals surface area contributed by atoms with Gasteiger partial charge < -0.3 is 15.8 Å². The Morgan fingerprint density at radius 1 is 1.50 bits per heavy atom. The van der Waals surface area contributed by atoms with Gasteiger partial charge in [0.2, 0.25) is 5.91 Å². The second-order valence-corrected chi connectivity index (χ2v) is 4.97. The van der Waals surface area contributed by atoms with Gasteiger partial charge in [0.25, 0.3) is 0 Å². The number of ether oxygens (including phenoxy) is 1. The third-order valence-electron chi connectivity index (χ3n) is 2.41. The van der Waals surface area contributed by atoms with Crippen LogP contribution in [0.1, 0.15) is 19.8 Å². The number of hydrogen-bond donors (Lipinski definition) is 2. The molecule has 0 heterocycles. The summed E-state index contributed by atoms with van der Waals surface area (Å²) in [5.41, 5.74) is 6.00. The summed E-state index contributed by atoms with van der Waals surface area (Å²) in [5, 5.41) is 2.55. The number of rotatable bonds is 5. The van der Waals surface area contributed by atoms with E-state index in [0.717, 1.165) is 6.07 Å². The summed E-state index contributed by atoms with van der Waals surface area (Å²) in [6.45, 7) is 1.86. The van der Waals surface area contributed by atoms with Gasteiger partial charge in [-0.25, -0.2) is 0 Å². The minimum atomic E-state index is -4.76. The number of nitrogens with two attached hydrogens (primary N) is 1. The lowest BCUT2D eigenvalue weighted by molar-refractivity contribution is -0.274. The fourth-order valence-electron chi connectivity index (χ4n) is 1.38. The molecule has 4 nitrogen and oxygen atoms in total. The van der Waals surface area contributed by atoms with Crippen molar-refractivity contribution in [2.45, 2.75) is 32.2 Å². The van der Waals surface area contributed by atoms with Gasteiger partial charge in [0.15, 0.2) is 0 Å². The predicted molar refractivity (Wildman–Crippen MR) is 72.3 cm³/mol. The van der Waals surface area contributed by atoms with Crippen LogP contribution in [0.5, 0.6) is 5.75 Å². The second kappa shape index (κ2) is 6.94. The Kier molecular flexibility index (Phi) is 5.82. The number of halogens is 4. The molecule has 0 saturated carbocycles. The largest absolute Gasteiger partial charge is 0.573 e. The first-order valence-corrected chi connectivity index (χ1v) is 6.61. The maximum atomic E-state index is 12.1. The minimum absolute atomic E-state index is 0.0902. The van der Waals surface area contributed by atoms with E-state index in [1.807, 2.05) is 6.92 Å². The molecule has 0 saturated heterocycles. The summed E-state index contributed by atoms with van der Waals surface area (Å²) in [6.07, 6.45) is -3.95. The molecule has 0 aliphatic carbocycles. The van der Waals surface area contributed by atoms with Crippen LogP contribution < -0.4 is 15.8 Å². The van der Waals surface area contributed by atoms with Crippen LogP contribution in [-0.2, 0) is 4.79 Å². The molecule has 20 heavy (non-hydrogen) atoms. The van der Waals surface area contributed by atoms with Gasteiger partial charge in [-0.15, -0.1) is 13.2 Å². The average Bonchev–Trinajstić information content (AvgIpc) is 2.31. The van der Waals surface area contributed by atoms with Gasteiger partial charge >= 0.3 is 6.36 Å². The molecule has 1 aromatic carbocycles. The number of hydrogen-bond acceptors (Lipinski definition) is 3. The van der Waals surface area contributed by atoms with Crippen molar-refractivity contribution in [3.8, 4) is 5.75 Å². The van der Waals surface area contributed by atoms with Crippen molar-refractivity contribution in [3.63, 3.8) is 0 Å². The van der Waals surface area contributed by atoms with E-state index in [0.29, 0.717) is 12.1 Å². The maximum Gasteiger partial charge on any atom is 0.573 e. The van der Waals surface area contributed by atoms with Crippen LogP contribution in [0.4, 0.5) is 18.9 Å². The zero-order valence-corrected chi connectivity index (χ0v) is 12.2. The van der Waals surface area contributed by atoms with E-state index in [9.17, 15) is 18.0 Å². The molecular weight excluding hydrogens is 341 g/mol. The zero-order chi connectivity index (χ0) is 15.3. The maximum absolute atomic E-state index is 12.1. The van der Waals surface area contributed by atoms with Crippen LogP contribution in [0.25, 0.3) is 0 Å². The Morgan fingerprint density at radius 3 is 2.65 bits per heavy atom. The Morgan fingerprint density at radius 2 is 2.15 bits per heavy atom. The van der Waals surface area contributed by atoms with E-state index in [4.69, 9.17) is 5.73 Å². The molecule has 1 rings (SSSR count). The highest BCUT2D eigenvalue weighted by molar-refractivity contribution is 9.10. The number of amides is 1. The fourth-order valence-corrected chi connectivity index (χ4v) is 1.84. The molecule has 0 fully saturated rings. The van der Waals surface area contributed by atoms with Crippen LogP contribution in [0.3, 0.4) is 0 Å². The smallest absolute Gasteiger partial charge is 0.405 e. The van der Waals surface area contributed by atoms with Crippen molar-refractivity contribution in [3.05, 3.63) is 22.7 Å². The summed E-state index contributed by atoms with van der Waals surface area (Å²) >= 11 is 2.95. The second-order valence-electron chi connectivity index (χ2n) is 4.11. The van der Waals surface area contributed by atoms with Gasteiger partial charge in [0.1, 0.15) is 5.75 Å². The van der Waals surface area contributed by atoms with E-state index < -0.39 is 6.36 Å². The fraction of sp³-hybridized carbons (Fsp3) is 0.417. The van der Waals surface area contributed by atoms with Gasteiger partial charge in [0.05, 0.1) is 4.47 Å². The molecule has 1 atom stereocenters. The molecular formula is C12H14BrF3N2O2. The highest BCUT2D eigenvalue weighted by atomic mass is 79.9. The van der Waals surface area contributed by atoms with Gasteiger partial charge in [-0.3, -0.25) is 4.79 Å². The monoisotopic (exact) mass is 354 g/mol. The molecule has 0 aromatic heterocycles. The van der Waals surface area contributed by atoms with Crippen molar-refractivity contribution >= 4 is 27.5 Å². The zero-order valence-electron chi connectivity index (χ0n) is 10.6. The lowest BCUT2D eigenvalue weighted by Crippen LogP contribution is -2.26. The molecule has 1 unspecified atom stereocenters. The first kappa shape index (κ1) is 16.8. The first-order valence-electron chi connectivity index (χ1n) is 5.82. The van der Waals surface area contributed by atoms with Crippen LogP contribution in [0, 0.1) is 0 Å². The van der Waals surface area contributed by atoms with Crippen LogP contribution in [-0.4, -0.2) is 18.3 Å². The summed E-state index contributed by atoms with van der Waals surface area (Å²) in [5.74, 6) is -0.670. The third kappa shape index (κ3) is 5.79. The molecule has 112 valence electrons. The lowest BCUT2D eigenvalue weighted by Gasteiger charge is -2.13. The first-order chi connectivity index (χ1) is 9.21. The van der Waals surface area contributed by atoms with Gasteiger partial charge in [0, 0.05) is 18.2 Å². The van der Waals surface area contributed by atoms with Crippen LogP contribution in [0.2, 0.25) is 0 Å². The molecule has 0 aliphatic rings. The van der Waals surface area contributed by atoms with Crippen LogP contribution >= 0.6 is 15.9 Å². The number of anilines is 1. The predicted octanol–water partition coefficient (Wildman–Crippen LogP) is 3.41. The Balaban J connectivity index is 2.70. The van der Waals surface area contributed by atoms with Crippen LogP contribution in [0.15, 0.2) is 22.7 Å². The number of nitrogens with one attached hydrogen (secondary N) is 1. The van der Waals surface area contributed by atoms with Gasteiger partial charge in [-0.1, -0.05) is 6.92 Å². The Labute approximate surface area is 122 Å². The molecule has 0 spiro atoms. The number of alkyl halides is 3. The van der Waals surface area contributed by atoms with Crippen molar-refractivity contribution < 1.29 is 22.7 Å². The van der Waals surface area contributed by atoms with E-state index in [1.54, 1.807) is 0 Å². The van der Waals surface area contributed by atoms with Crippen molar-refractivity contribution in [1.29, 1.82) is 0 Å². The highest BCUT2D eigenvalue weighted by Gasteiger charge is 2.31. The van der Waals surface area contributed by atoms with Gasteiger partial charge in [-0.05, 0) is 40.5 Å². The molecule has 1 aromatic rings. The van der Waals surface area contributed by atoms with Gasteiger partial charge in [-0.2, -0.15) is 0 Å². The summed E-state index contributed by atoms with van der Waals surface area (Å²) < 4.78 is 40.1. The highest BCUT2D eigenvalue weighted by Crippen LogP contribution is 2.32. The molecule has 0 aliphatic heterocycles. The number of carbonyl (C=O) groups is 1. The normalized spacial score (nSPS) is 12.9. The number of benzene rings is 1. The lowest BCUT2D eigenvalue weighted by atomic mass is 10.1. The molecule has 0 bridgehead atoms. The molecule has 1 amide bonds. The van der Waals surface area contributed by atoms with Crippen molar-refractivity contribution in [2.75, 3.05) is 5.32 Å². The topological polar surface area (TPSA) is 64.4 Å². The summed E-state index contributed by atoms with van der Waals surface area (Å²) in [4.78, 5) is 11.6. The Hall–Kier alpha value is -1.28. The summed E-state index contributed by atoms with van der Waals surface area (Å²) in [6, 6.07) is 3.52. The molecule has 0 radical (unpaired) electrons. The Bertz CT molecular complexity index is 480. The van der Waals surface area contributed by atoms with E-state index in [-0.39, 0.29) is 28.6 Å². The van der Waals surface area contributed by atoms with E-state index >= 15 is 0 Å². The quantitative estimate of drug-likeness (QED) is 0.851. The van der Waals surface area contributed by atoms with E-state index in [1.165, 1.54) is 12.1 Å².